The third kappa shape index (κ3) is 5.76. The highest BCUT2D eigenvalue weighted by Crippen LogP contribution is 2.33. The van der Waals surface area contributed by atoms with Gasteiger partial charge >= 0.3 is 6.01 Å². The number of anilines is 1. The molecule has 0 aliphatic carbocycles. The quantitative estimate of drug-likeness (QED) is 0.504. The predicted molar refractivity (Wildman–Crippen MR) is 124 cm³/mol. The van der Waals surface area contributed by atoms with Gasteiger partial charge in [-0.25, -0.2) is 4.98 Å². The second-order valence-electron chi connectivity index (χ2n) is 6.38. The molecule has 0 aliphatic heterocycles. The monoisotopic (exact) mass is 418 g/mol. The van der Waals surface area contributed by atoms with E-state index in [2.05, 4.69) is 20.3 Å². The summed E-state index contributed by atoms with van der Waals surface area (Å²) in [7, 11) is 1.54. The van der Waals surface area contributed by atoms with Gasteiger partial charge < -0.3 is 14.8 Å². The molecule has 7 heteroatoms. The van der Waals surface area contributed by atoms with Crippen LogP contribution in [-0.2, 0) is 0 Å². The number of methoxy groups -OCH3 is 1. The lowest BCUT2D eigenvalue weighted by atomic mass is 10.2. The van der Waals surface area contributed by atoms with Gasteiger partial charge in [0, 0.05) is 43.3 Å². The molecule has 0 bridgehead atoms. The van der Waals surface area contributed by atoms with E-state index >= 15 is 0 Å². The summed E-state index contributed by atoms with van der Waals surface area (Å²) in [5, 5.41) is 2.86. The molecule has 1 heterocycles. The number of carbonyl (C=O) groups excluding carboxylic acids is 1. The van der Waals surface area contributed by atoms with Crippen LogP contribution in [-0.4, -0.2) is 35.7 Å². The Morgan fingerprint density at radius 3 is 2.68 bits per heavy atom. The van der Waals surface area contributed by atoms with Crippen LogP contribution in [0, 0.1) is 0 Å². The number of rotatable bonds is 8. The molecule has 0 radical (unpaired) electrons. The van der Waals surface area contributed by atoms with Crippen molar-refractivity contribution in [3.63, 3.8) is 0 Å². The van der Waals surface area contributed by atoms with Gasteiger partial charge in [0.05, 0.1) is 12.8 Å². The number of hydrogen-bond acceptors (Lipinski definition) is 6. The van der Waals surface area contributed by atoms with Crippen molar-refractivity contribution in [3.8, 4) is 17.5 Å². The molecule has 0 unspecified atom stereocenters. The fraction of sp³-hybridized carbons (Fsp3) is 0.167. The third-order valence-corrected chi connectivity index (χ3v) is 4.31. The molecule has 1 aromatic heterocycles. The summed E-state index contributed by atoms with van der Waals surface area (Å²) in [4.78, 5) is 25.4. The summed E-state index contributed by atoms with van der Waals surface area (Å²) in [6.07, 6.45) is 5.31. The van der Waals surface area contributed by atoms with Crippen molar-refractivity contribution in [2.24, 2.45) is 4.99 Å². The van der Waals surface area contributed by atoms with Gasteiger partial charge in [-0.3, -0.25) is 9.79 Å². The number of carbonyl (C=O) groups is 1. The van der Waals surface area contributed by atoms with Crippen LogP contribution in [0.25, 0.3) is 5.57 Å². The van der Waals surface area contributed by atoms with E-state index in [0.29, 0.717) is 35.0 Å². The molecule has 1 amide bonds. The SMILES string of the molecule is C/C=C(\C=NCC)c1ccnc(Oc2cc(NC(=O)c3ccccc3)ccc2OC)n1.[HH]. The predicted octanol–water partition coefficient (Wildman–Crippen LogP) is 5.27. The number of allylic oxidation sites excluding steroid dienone is 2. The number of aromatic nitrogens is 2. The van der Waals surface area contributed by atoms with Crippen LogP contribution in [0.1, 0.15) is 31.3 Å². The third-order valence-electron chi connectivity index (χ3n) is 4.31. The highest BCUT2D eigenvalue weighted by Gasteiger charge is 2.12. The molecule has 7 nitrogen and oxygen atoms in total. The number of amides is 1. The molecular weight excluding hydrogens is 392 g/mol. The van der Waals surface area contributed by atoms with Gasteiger partial charge in [0.1, 0.15) is 0 Å². The van der Waals surface area contributed by atoms with Crippen LogP contribution in [0.2, 0.25) is 0 Å². The van der Waals surface area contributed by atoms with E-state index < -0.39 is 0 Å². The lowest BCUT2D eigenvalue weighted by Crippen LogP contribution is -2.11. The first-order valence-corrected chi connectivity index (χ1v) is 9.86. The van der Waals surface area contributed by atoms with Crippen LogP contribution in [0.5, 0.6) is 17.5 Å². The number of benzene rings is 2. The maximum absolute atomic E-state index is 12.5. The molecule has 0 atom stereocenters. The maximum atomic E-state index is 12.5. The standard InChI is InChI=1S/C24H24N4O3.H2/c1-4-17(16-25-5-2)20-13-14-26-24(28-20)31-22-15-19(11-12-21(22)30-3)27-23(29)18-9-7-6-8-10-18;/h4,6-16H,5H2,1-3H3,(H,27,29);1H/b17-4+,25-16?;. The van der Waals surface area contributed by atoms with Crippen molar-refractivity contribution < 1.29 is 15.7 Å². The van der Waals surface area contributed by atoms with Crippen molar-refractivity contribution in [2.75, 3.05) is 19.0 Å². The van der Waals surface area contributed by atoms with Crippen molar-refractivity contribution in [2.45, 2.75) is 13.8 Å². The summed E-state index contributed by atoms with van der Waals surface area (Å²) in [5.74, 6) is 0.656. The molecule has 0 saturated heterocycles. The number of ether oxygens (including phenoxy) is 2. The summed E-state index contributed by atoms with van der Waals surface area (Å²) < 4.78 is 11.3. The molecule has 0 fully saturated rings. The summed E-state index contributed by atoms with van der Waals surface area (Å²) in [6.45, 7) is 4.57. The average Bonchev–Trinajstić information content (AvgIpc) is 2.81. The smallest absolute Gasteiger partial charge is 0.322 e. The van der Waals surface area contributed by atoms with Crippen LogP contribution in [0.4, 0.5) is 5.69 Å². The van der Waals surface area contributed by atoms with E-state index in [4.69, 9.17) is 9.47 Å². The van der Waals surface area contributed by atoms with Crippen molar-refractivity contribution in [1.82, 2.24) is 9.97 Å². The lowest BCUT2D eigenvalue weighted by molar-refractivity contribution is 0.102. The average molecular weight is 418 g/mol. The van der Waals surface area contributed by atoms with Gasteiger partial charge in [-0.05, 0) is 44.2 Å². The van der Waals surface area contributed by atoms with Gasteiger partial charge in [-0.15, -0.1) is 0 Å². The highest BCUT2D eigenvalue weighted by molar-refractivity contribution is 6.08. The molecule has 160 valence electrons. The Bertz CT molecular complexity index is 1100. The van der Waals surface area contributed by atoms with E-state index in [1.54, 1.807) is 55.9 Å². The number of hydrogen-bond donors (Lipinski definition) is 1. The Balaban J connectivity index is 0.00000363. The molecular formula is C24H26N4O3. The molecule has 1 N–H and O–H groups in total. The minimum Gasteiger partial charge on any atom is -0.493 e. The fourth-order valence-electron chi connectivity index (χ4n) is 2.75. The molecule has 0 spiro atoms. The molecule has 0 aliphatic rings. The van der Waals surface area contributed by atoms with Crippen molar-refractivity contribution in [1.29, 1.82) is 0 Å². The first-order chi connectivity index (χ1) is 15.1. The molecule has 0 saturated carbocycles. The number of aliphatic imine (C=N–C) groups is 1. The van der Waals surface area contributed by atoms with Crippen LogP contribution in [0.3, 0.4) is 0 Å². The van der Waals surface area contributed by atoms with Gasteiger partial charge in [0.2, 0.25) is 0 Å². The summed E-state index contributed by atoms with van der Waals surface area (Å²) in [5.41, 5.74) is 2.68. The zero-order valence-corrected chi connectivity index (χ0v) is 17.7. The Labute approximate surface area is 183 Å². The molecule has 2 aromatic carbocycles. The normalized spacial score (nSPS) is 11.4. The fourth-order valence-corrected chi connectivity index (χ4v) is 2.75. The van der Waals surface area contributed by atoms with Gasteiger partial charge in [-0.1, -0.05) is 24.3 Å². The second-order valence-corrected chi connectivity index (χ2v) is 6.38. The van der Waals surface area contributed by atoms with Crippen LogP contribution < -0.4 is 14.8 Å². The second kappa shape index (κ2) is 10.7. The van der Waals surface area contributed by atoms with Crippen LogP contribution in [0.15, 0.2) is 71.9 Å². The lowest BCUT2D eigenvalue weighted by Gasteiger charge is -2.12. The molecule has 31 heavy (non-hydrogen) atoms. The van der Waals surface area contributed by atoms with E-state index in [-0.39, 0.29) is 13.3 Å². The summed E-state index contributed by atoms with van der Waals surface area (Å²) >= 11 is 0. The number of nitrogens with one attached hydrogen (secondary N) is 1. The minimum absolute atomic E-state index is 0. The van der Waals surface area contributed by atoms with Gasteiger partial charge in [0.15, 0.2) is 11.5 Å². The highest BCUT2D eigenvalue weighted by atomic mass is 16.5. The maximum Gasteiger partial charge on any atom is 0.322 e. The van der Waals surface area contributed by atoms with Crippen molar-refractivity contribution >= 4 is 23.4 Å². The zero-order chi connectivity index (χ0) is 22.1. The summed E-state index contributed by atoms with van der Waals surface area (Å²) in [6, 6.07) is 16.0. The Hall–Kier alpha value is -4.00. The minimum atomic E-state index is -0.220. The van der Waals surface area contributed by atoms with Gasteiger partial charge in [0.25, 0.3) is 5.91 Å². The van der Waals surface area contributed by atoms with E-state index in [0.717, 1.165) is 5.57 Å². The topological polar surface area (TPSA) is 85.7 Å². The first-order valence-electron chi connectivity index (χ1n) is 9.86. The van der Waals surface area contributed by atoms with Crippen LogP contribution >= 0.6 is 0 Å². The van der Waals surface area contributed by atoms with Crippen molar-refractivity contribution in [3.05, 3.63) is 78.1 Å². The Morgan fingerprint density at radius 1 is 1.16 bits per heavy atom. The van der Waals surface area contributed by atoms with E-state index in [1.165, 1.54) is 0 Å². The van der Waals surface area contributed by atoms with E-state index in [9.17, 15) is 4.79 Å². The first kappa shape index (κ1) is 21.7. The molecule has 3 aromatic rings. The Kier molecular flexibility index (Phi) is 7.48. The Morgan fingerprint density at radius 2 is 1.97 bits per heavy atom. The van der Waals surface area contributed by atoms with E-state index in [1.807, 2.05) is 38.1 Å². The largest absolute Gasteiger partial charge is 0.493 e. The molecule has 3 rings (SSSR count). The number of nitrogens with zero attached hydrogens (tertiary/aromatic N) is 3. The van der Waals surface area contributed by atoms with Gasteiger partial charge in [-0.2, -0.15) is 4.98 Å². The zero-order valence-electron chi connectivity index (χ0n) is 17.7.